The molecule has 0 atom stereocenters. The molecule has 1 aliphatic rings. The zero-order chi connectivity index (χ0) is 14.5. The van der Waals surface area contributed by atoms with Crippen molar-refractivity contribution in [1.29, 1.82) is 0 Å². The first-order chi connectivity index (χ1) is 9.61. The molecule has 1 fully saturated rings. The number of carbonyl (C=O) groups is 1. The van der Waals surface area contributed by atoms with Crippen molar-refractivity contribution >= 4 is 23.1 Å². The summed E-state index contributed by atoms with van der Waals surface area (Å²) < 4.78 is 5.13. The van der Waals surface area contributed by atoms with E-state index in [1.54, 1.807) is 23.2 Å². The number of aromatic nitrogens is 1. The largest absolute Gasteiger partial charge is 0.480 e. The van der Waals surface area contributed by atoms with Crippen LogP contribution in [0.4, 0.5) is 0 Å². The number of carbonyl (C=O) groups excluding carboxylic acids is 1. The van der Waals surface area contributed by atoms with Crippen molar-refractivity contribution in [3.05, 3.63) is 23.9 Å². The van der Waals surface area contributed by atoms with E-state index in [1.807, 2.05) is 0 Å². The predicted molar refractivity (Wildman–Crippen MR) is 79.9 cm³/mol. The zero-order valence-corrected chi connectivity index (χ0v) is 12.2. The number of hydrogen-bond acceptors (Lipinski definition) is 5. The maximum atomic E-state index is 12.4. The molecule has 108 valence electrons. The number of methoxy groups -OCH3 is 1. The number of amides is 1. The van der Waals surface area contributed by atoms with Crippen LogP contribution in [0.25, 0.3) is 0 Å². The lowest BCUT2D eigenvalue weighted by molar-refractivity contribution is 0.0650. The van der Waals surface area contributed by atoms with Crippen LogP contribution in [0.1, 0.15) is 10.4 Å². The summed E-state index contributed by atoms with van der Waals surface area (Å²) in [6.45, 7) is 3.45. The second kappa shape index (κ2) is 6.62. The summed E-state index contributed by atoms with van der Waals surface area (Å²) in [4.78, 5) is 20.9. The number of rotatable bonds is 4. The van der Waals surface area contributed by atoms with E-state index in [9.17, 15) is 4.79 Å². The Bertz CT molecular complexity index is 501. The average molecular weight is 294 g/mol. The van der Waals surface area contributed by atoms with E-state index < -0.39 is 0 Å². The molecule has 0 bridgehead atoms. The van der Waals surface area contributed by atoms with Crippen LogP contribution in [0.2, 0.25) is 0 Å². The van der Waals surface area contributed by atoms with Gasteiger partial charge in [0.05, 0.1) is 12.1 Å². The molecule has 6 nitrogen and oxygen atoms in total. The van der Waals surface area contributed by atoms with Crippen molar-refractivity contribution in [2.24, 2.45) is 5.73 Å². The summed E-state index contributed by atoms with van der Waals surface area (Å²) in [7, 11) is 1.51. The minimum Gasteiger partial charge on any atom is -0.480 e. The first kappa shape index (κ1) is 14.7. The Morgan fingerprint density at radius 1 is 1.45 bits per heavy atom. The highest BCUT2D eigenvalue weighted by molar-refractivity contribution is 7.80. The van der Waals surface area contributed by atoms with E-state index in [4.69, 9.17) is 22.7 Å². The molecule has 0 aromatic carbocycles. The molecule has 1 saturated heterocycles. The standard InChI is InChI=1S/C13H18N4O2S/c1-19-12-10(3-2-4-15-12)13(18)17-7-5-16(6-8-17)9-11(14)20/h2-4H,5-9H2,1H3,(H2,14,20). The number of piperazine rings is 1. The molecule has 2 rings (SSSR count). The Labute approximate surface area is 123 Å². The molecule has 7 heteroatoms. The van der Waals surface area contributed by atoms with Crippen LogP contribution in [0.5, 0.6) is 5.88 Å². The lowest BCUT2D eigenvalue weighted by atomic mass is 10.2. The van der Waals surface area contributed by atoms with Gasteiger partial charge in [-0.2, -0.15) is 0 Å². The highest BCUT2D eigenvalue weighted by Crippen LogP contribution is 2.17. The summed E-state index contributed by atoms with van der Waals surface area (Å²) in [6, 6.07) is 3.47. The summed E-state index contributed by atoms with van der Waals surface area (Å²) in [5.74, 6) is 0.313. The third-order valence-electron chi connectivity index (χ3n) is 3.23. The molecule has 1 amide bonds. The van der Waals surface area contributed by atoms with Crippen LogP contribution in [0.15, 0.2) is 18.3 Å². The molecular formula is C13H18N4O2S. The zero-order valence-electron chi connectivity index (χ0n) is 11.4. The molecule has 0 unspecified atom stereocenters. The minimum atomic E-state index is -0.0510. The third-order valence-corrected chi connectivity index (χ3v) is 3.36. The average Bonchev–Trinajstić information content (AvgIpc) is 2.46. The van der Waals surface area contributed by atoms with Crippen LogP contribution in [0.3, 0.4) is 0 Å². The molecule has 0 spiro atoms. The van der Waals surface area contributed by atoms with Crippen molar-refractivity contribution in [2.45, 2.75) is 0 Å². The van der Waals surface area contributed by atoms with Crippen LogP contribution >= 0.6 is 12.2 Å². The lowest BCUT2D eigenvalue weighted by Crippen LogP contribution is -2.50. The second-order valence-corrected chi connectivity index (χ2v) is 5.12. The van der Waals surface area contributed by atoms with E-state index in [-0.39, 0.29) is 5.91 Å². The molecule has 0 aliphatic carbocycles. The number of nitrogens with zero attached hydrogens (tertiary/aromatic N) is 3. The van der Waals surface area contributed by atoms with Crippen LogP contribution in [-0.2, 0) is 0 Å². The van der Waals surface area contributed by atoms with E-state index in [1.165, 1.54) is 7.11 Å². The minimum absolute atomic E-state index is 0.0510. The highest BCUT2D eigenvalue weighted by atomic mass is 32.1. The van der Waals surface area contributed by atoms with Gasteiger partial charge in [-0.25, -0.2) is 4.98 Å². The third kappa shape index (κ3) is 3.43. The van der Waals surface area contributed by atoms with Crippen LogP contribution in [-0.4, -0.2) is 65.5 Å². The van der Waals surface area contributed by atoms with E-state index in [2.05, 4.69) is 9.88 Å². The first-order valence-electron chi connectivity index (χ1n) is 6.40. The molecule has 0 radical (unpaired) electrons. The summed E-state index contributed by atoms with van der Waals surface area (Å²) in [5.41, 5.74) is 6.03. The smallest absolute Gasteiger partial charge is 0.259 e. The Morgan fingerprint density at radius 2 is 2.15 bits per heavy atom. The second-order valence-electron chi connectivity index (χ2n) is 4.59. The van der Waals surface area contributed by atoms with Gasteiger partial charge in [-0.05, 0) is 12.1 Å². The lowest BCUT2D eigenvalue weighted by Gasteiger charge is -2.34. The SMILES string of the molecule is COc1ncccc1C(=O)N1CCN(CC(N)=S)CC1. The van der Waals surface area contributed by atoms with Crippen molar-refractivity contribution in [3.8, 4) is 5.88 Å². The predicted octanol–water partition coefficient (Wildman–Crippen LogP) is 0.134. The van der Waals surface area contributed by atoms with Crippen LogP contribution < -0.4 is 10.5 Å². The Hall–Kier alpha value is -1.73. The summed E-state index contributed by atoms with van der Waals surface area (Å²) in [5, 5.41) is 0. The van der Waals surface area contributed by atoms with Gasteiger partial charge in [0, 0.05) is 38.9 Å². The maximum Gasteiger partial charge on any atom is 0.259 e. The Balaban J connectivity index is 2.00. The normalized spacial score (nSPS) is 15.9. The number of thiocarbonyl (C=S) groups is 1. The maximum absolute atomic E-state index is 12.4. The molecule has 2 N–H and O–H groups in total. The first-order valence-corrected chi connectivity index (χ1v) is 6.81. The number of ether oxygens (including phenoxy) is 1. The summed E-state index contributed by atoms with van der Waals surface area (Å²) in [6.07, 6.45) is 1.61. The van der Waals surface area contributed by atoms with E-state index >= 15 is 0 Å². The molecule has 20 heavy (non-hydrogen) atoms. The number of hydrogen-bond donors (Lipinski definition) is 1. The molecule has 1 aromatic heterocycles. The van der Waals surface area contributed by atoms with Gasteiger partial charge >= 0.3 is 0 Å². The van der Waals surface area contributed by atoms with Gasteiger partial charge in [-0.1, -0.05) is 12.2 Å². The quantitative estimate of drug-likeness (QED) is 0.796. The van der Waals surface area contributed by atoms with Gasteiger partial charge < -0.3 is 15.4 Å². The van der Waals surface area contributed by atoms with Crippen molar-refractivity contribution in [2.75, 3.05) is 39.8 Å². The summed E-state index contributed by atoms with van der Waals surface area (Å²) >= 11 is 4.90. The van der Waals surface area contributed by atoms with Crippen LogP contribution in [0, 0.1) is 0 Å². The molecule has 1 aromatic rings. The number of nitrogens with two attached hydrogens (primary N) is 1. The highest BCUT2D eigenvalue weighted by Gasteiger charge is 2.24. The van der Waals surface area contributed by atoms with Gasteiger partial charge in [0.2, 0.25) is 5.88 Å². The van der Waals surface area contributed by atoms with Crippen molar-refractivity contribution in [3.63, 3.8) is 0 Å². The van der Waals surface area contributed by atoms with Crippen molar-refractivity contribution in [1.82, 2.24) is 14.8 Å². The fraction of sp³-hybridized carbons (Fsp3) is 0.462. The Morgan fingerprint density at radius 3 is 2.75 bits per heavy atom. The molecular weight excluding hydrogens is 276 g/mol. The molecule has 2 heterocycles. The van der Waals surface area contributed by atoms with Gasteiger partial charge in [0.1, 0.15) is 5.56 Å². The van der Waals surface area contributed by atoms with Gasteiger partial charge in [-0.15, -0.1) is 0 Å². The number of pyridine rings is 1. The van der Waals surface area contributed by atoms with Crippen molar-refractivity contribution < 1.29 is 9.53 Å². The fourth-order valence-corrected chi connectivity index (χ4v) is 2.40. The topological polar surface area (TPSA) is 71.7 Å². The molecule has 1 aliphatic heterocycles. The van der Waals surface area contributed by atoms with Gasteiger partial charge in [0.15, 0.2) is 0 Å². The van der Waals surface area contributed by atoms with Gasteiger partial charge in [-0.3, -0.25) is 9.69 Å². The monoisotopic (exact) mass is 294 g/mol. The van der Waals surface area contributed by atoms with E-state index in [0.717, 1.165) is 13.1 Å². The fourth-order valence-electron chi connectivity index (χ4n) is 2.22. The Kier molecular flexibility index (Phi) is 4.86. The molecule has 0 saturated carbocycles. The van der Waals surface area contributed by atoms with Gasteiger partial charge in [0.25, 0.3) is 5.91 Å². The van der Waals surface area contributed by atoms with E-state index in [0.29, 0.717) is 36.1 Å².